The molecule has 0 bridgehead atoms. The molecule has 0 spiro atoms. The van der Waals surface area contributed by atoms with Crippen LogP contribution >= 0.6 is 11.6 Å². The van der Waals surface area contributed by atoms with Gasteiger partial charge < -0.3 is 16.8 Å². The SMILES string of the molecule is Cc1c(N)cccc1CNc1ccc(C(N)=O)cc1Cl. The number of hydrogen-bond donors (Lipinski definition) is 3. The summed E-state index contributed by atoms with van der Waals surface area (Å²) in [6, 6.07) is 10.7. The zero-order valence-corrected chi connectivity index (χ0v) is 11.9. The number of halogens is 1. The first-order chi connectivity index (χ1) is 9.49. The van der Waals surface area contributed by atoms with E-state index in [1.807, 2.05) is 25.1 Å². The van der Waals surface area contributed by atoms with Crippen LogP contribution in [0.2, 0.25) is 5.02 Å². The second-order valence-electron chi connectivity index (χ2n) is 4.54. The first-order valence-corrected chi connectivity index (χ1v) is 6.54. The van der Waals surface area contributed by atoms with Crippen molar-refractivity contribution in [1.29, 1.82) is 0 Å². The molecule has 2 aromatic rings. The van der Waals surface area contributed by atoms with E-state index in [4.69, 9.17) is 23.1 Å². The summed E-state index contributed by atoms with van der Waals surface area (Å²) in [6.07, 6.45) is 0. The summed E-state index contributed by atoms with van der Waals surface area (Å²) in [5.41, 5.74) is 15.1. The van der Waals surface area contributed by atoms with Crippen molar-refractivity contribution in [3.8, 4) is 0 Å². The Morgan fingerprint density at radius 2 is 2.05 bits per heavy atom. The van der Waals surface area contributed by atoms with Gasteiger partial charge in [-0.25, -0.2) is 0 Å². The number of nitrogen functional groups attached to an aromatic ring is 1. The summed E-state index contributed by atoms with van der Waals surface area (Å²) in [6.45, 7) is 2.58. The lowest BCUT2D eigenvalue weighted by atomic mass is 10.1. The smallest absolute Gasteiger partial charge is 0.248 e. The number of amides is 1. The lowest BCUT2D eigenvalue weighted by Crippen LogP contribution is -2.11. The van der Waals surface area contributed by atoms with Crippen molar-refractivity contribution in [1.82, 2.24) is 0 Å². The Hall–Kier alpha value is -2.20. The third-order valence-electron chi connectivity index (χ3n) is 3.21. The number of benzene rings is 2. The first-order valence-electron chi connectivity index (χ1n) is 6.16. The monoisotopic (exact) mass is 289 g/mol. The summed E-state index contributed by atoms with van der Waals surface area (Å²) in [4.78, 5) is 11.1. The van der Waals surface area contributed by atoms with Crippen molar-refractivity contribution < 1.29 is 4.79 Å². The molecule has 0 heterocycles. The number of rotatable bonds is 4. The fourth-order valence-electron chi connectivity index (χ4n) is 1.90. The number of nitrogens with two attached hydrogens (primary N) is 2. The third kappa shape index (κ3) is 3.03. The number of anilines is 2. The van der Waals surface area contributed by atoms with E-state index >= 15 is 0 Å². The van der Waals surface area contributed by atoms with E-state index in [2.05, 4.69) is 5.32 Å². The fourth-order valence-corrected chi connectivity index (χ4v) is 2.14. The second kappa shape index (κ2) is 5.84. The minimum atomic E-state index is -0.495. The van der Waals surface area contributed by atoms with Gasteiger partial charge in [0.05, 0.1) is 10.7 Å². The molecular formula is C15H16ClN3O. The zero-order chi connectivity index (χ0) is 14.7. The van der Waals surface area contributed by atoms with Crippen molar-refractivity contribution in [2.24, 2.45) is 5.73 Å². The number of carbonyl (C=O) groups excluding carboxylic acids is 1. The van der Waals surface area contributed by atoms with Gasteiger partial charge in [0.25, 0.3) is 0 Å². The van der Waals surface area contributed by atoms with E-state index in [1.54, 1.807) is 18.2 Å². The van der Waals surface area contributed by atoms with Crippen LogP contribution in [0, 0.1) is 6.92 Å². The van der Waals surface area contributed by atoms with Crippen molar-refractivity contribution in [3.05, 3.63) is 58.1 Å². The maximum Gasteiger partial charge on any atom is 0.248 e. The van der Waals surface area contributed by atoms with Gasteiger partial charge in [-0.2, -0.15) is 0 Å². The number of hydrogen-bond acceptors (Lipinski definition) is 3. The molecule has 0 aliphatic heterocycles. The molecule has 0 aliphatic carbocycles. The minimum Gasteiger partial charge on any atom is -0.399 e. The fraction of sp³-hybridized carbons (Fsp3) is 0.133. The van der Waals surface area contributed by atoms with Gasteiger partial charge in [-0.15, -0.1) is 0 Å². The summed E-state index contributed by atoms with van der Waals surface area (Å²) in [5.74, 6) is -0.495. The summed E-state index contributed by atoms with van der Waals surface area (Å²) in [5, 5.41) is 3.68. The van der Waals surface area contributed by atoms with Gasteiger partial charge in [-0.1, -0.05) is 23.7 Å². The minimum absolute atomic E-state index is 0.390. The van der Waals surface area contributed by atoms with Crippen LogP contribution < -0.4 is 16.8 Å². The van der Waals surface area contributed by atoms with Gasteiger partial charge in [0, 0.05) is 17.8 Å². The lowest BCUT2D eigenvalue weighted by molar-refractivity contribution is 0.100. The summed E-state index contributed by atoms with van der Waals surface area (Å²) in [7, 11) is 0. The normalized spacial score (nSPS) is 10.3. The Balaban J connectivity index is 2.15. The second-order valence-corrected chi connectivity index (χ2v) is 4.95. The molecular weight excluding hydrogens is 274 g/mol. The maximum absolute atomic E-state index is 11.1. The van der Waals surface area contributed by atoms with E-state index in [0.717, 1.165) is 22.5 Å². The van der Waals surface area contributed by atoms with Crippen LogP contribution in [0.4, 0.5) is 11.4 Å². The van der Waals surface area contributed by atoms with E-state index in [1.165, 1.54) is 0 Å². The van der Waals surface area contributed by atoms with E-state index < -0.39 is 5.91 Å². The van der Waals surface area contributed by atoms with Crippen molar-refractivity contribution in [2.45, 2.75) is 13.5 Å². The predicted octanol–water partition coefficient (Wildman–Crippen LogP) is 2.94. The van der Waals surface area contributed by atoms with Crippen LogP contribution in [-0.2, 0) is 6.54 Å². The van der Waals surface area contributed by atoms with Crippen LogP contribution in [0.15, 0.2) is 36.4 Å². The van der Waals surface area contributed by atoms with Crippen LogP contribution in [0.25, 0.3) is 0 Å². The molecule has 4 nitrogen and oxygen atoms in total. The average molecular weight is 290 g/mol. The van der Waals surface area contributed by atoms with Gasteiger partial charge in [0.1, 0.15) is 0 Å². The molecule has 2 rings (SSSR count). The molecule has 2 aromatic carbocycles. The molecule has 0 aromatic heterocycles. The molecule has 20 heavy (non-hydrogen) atoms. The van der Waals surface area contributed by atoms with Crippen molar-refractivity contribution in [3.63, 3.8) is 0 Å². The van der Waals surface area contributed by atoms with Gasteiger partial charge in [-0.05, 0) is 42.3 Å². The highest BCUT2D eigenvalue weighted by atomic mass is 35.5. The highest BCUT2D eigenvalue weighted by Gasteiger charge is 2.06. The molecule has 5 N–H and O–H groups in total. The van der Waals surface area contributed by atoms with Crippen LogP contribution in [0.1, 0.15) is 21.5 Å². The van der Waals surface area contributed by atoms with Crippen LogP contribution in [-0.4, -0.2) is 5.91 Å². The Morgan fingerprint density at radius 1 is 1.30 bits per heavy atom. The highest BCUT2D eigenvalue weighted by Crippen LogP contribution is 2.24. The lowest BCUT2D eigenvalue weighted by Gasteiger charge is -2.12. The highest BCUT2D eigenvalue weighted by molar-refractivity contribution is 6.33. The molecule has 0 aliphatic rings. The topological polar surface area (TPSA) is 81.1 Å². The van der Waals surface area contributed by atoms with Crippen molar-refractivity contribution in [2.75, 3.05) is 11.1 Å². The molecule has 0 saturated carbocycles. The van der Waals surface area contributed by atoms with Crippen LogP contribution in [0.5, 0.6) is 0 Å². The Labute approximate surface area is 122 Å². The van der Waals surface area contributed by atoms with Gasteiger partial charge in [0.2, 0.25) is 5.91 Å². The molecule has 0 unspecified atom stereocenters. The number of nitrogens with one attached hydrogen (secondary N) is 1. The Bertz CT molecular complexity index is 656. The molecule has 1 amide bonds. The van der Waals surface area contributed by atoms with Crippen molar-refractivity contribution >= 4 is 28.9 Å². The summed E-state index contributed by atoms with van der Waals surface area (Å²) < 4.78 is 0. The Morgan fingerprint density at radius 3 is 2.70 bits per heavy atom. The van der Waals surface area contributed by atoms with Gasteiger partial charge >= 0.3 is 0 Å². The Kier molecular flexibility index (Phi) is 4.15. The van der Waals surface area contributed by atoms with E-state index in [0.29, 0.717) is 17.1 Å². The quantitative estimate of drug-likeness (QED) is 0.757. The largest absolute Gasteiger partial charge is 0.399 e. The van der Waals surface area contributed by atoms with E-state index in [-0.39, 0.29) is 0 Å². The maximum atomic E-state index is 11.1. The molecule has 0 saturated heterocycles. The first kappa shape index (κ1) is 14.2. The predicted molar refractivity (Wildman–Crippen MR) is 82.9 cm³/mol. The number of primary amides is 1. The van der Waals surface area contributed by atoms with Gasteiger partial charge in [0.15, 0.2) is 0 Å². The molecule has 0 radical (unpaired) electrons. The molecule has 5 heteroatoms. The standard InChI is InChI=1S/C15H16ClN3O/c1-9-11(3-2-4-13(9)17)8-19-14-6-5-10(15(18)20)7-12(14)16/h2-7,19H,8,17H2,1H3,(H2,18,20). The zero-order valence-electron chi connectivity index (χ0n) is 11.1. The van der Waals surface area contributed by atoms with Gasteiger partial charge in [-0.3, -0.25) is 4.79 Å². The molecule has 0 fully saturated rings. The number of carbonyl (C=O) groups is 1. The van der Waals surface area contributed by atoms with Crippen LogP contribution in [0.3, 0.4) is 0 Å². The average Bonchev–Trinajstić information content (AvgIpc) is 2.41. The third-order valence-corrected chi connectivity index (χ3v) is 3.52. The summed E-state index contributed by atoms with van der Waals surface area (Å²) >= 11 is 6.12. The van der Waals surface area contributed by atoms with E-state index in [9.17, 15) is 4.79 Å². The molecule has 104 valence electrons. The molecule has 0 atom stereocenters.